The van der Waals surface area contributed by atoms with Crippen LogP contribution in [0.15, 0.2) is 71.5 Å². The third-order valence-corrected chi connectivity index (χ3v) is 5.37. The van der Waals surface area contributed by atoms with Gasteiger partial charge in [0.25, 0.3) is 11.9 Å². The maximum atomic E-state index is 14.7. The SMILES string of the molecule is Cn1cc(Nc2ncc(-c3ccc(Br)c(F)c3)c(Nc3cc(NC(=O)C=C(O)O)ccc3F)n2)cn1. The Balaban J connectivity index is 1.72. The van der Waals surface area contributed by atoms with Crippen LogP contribution in [0.4, 0.5) is 37.6 Å². The van der Waals surface area contributed by atoms with Crippen LogP contribution in [0, 0.1) is 11.6 Å². The highest BCUT2D eigenvalue weighted by molar-refractivity contribution is 9.10. The zero-order valence-electron chi connectivity index (χ0n) is 18.5. The van der Waals surface area contributed by atoms with Crippen molar-refractivity contribution in [3.05, 3.63) is 83.1 Å². The number of nitrogens with zero attached hydrogens (tertiary/aromatic N) is 4. The molecule has 1 amide bonds. The predicted octanol–water partition coefficient (Wildman–Crippen LogP) is 5.30. The number of hydrogen-bond acceptors (Lipinski definition) is 8. The number of aryl methyl sites for hydroxylation is 1. The number of aromatic nitrogens is 4. The predicted molar refractivity (Wildman–Crippen MR) is 133 cm³/mol. The molecule has 0 aliphatic rings. The standard InChI is InChI=1S/C23H18BrF2N7O3/c1-33-11-14(9-28-33)30-23-27-10-15(12-2-4-16(24)18(26)6-12)22(32-23)31-19-7-13(3-5-17(19)25)29-20(34)8-21(35)36/h2-11,35-36H,1H3,(H,29,34)(H2,27,30,31,32). The summed E-state index contributed by atoms with van der Waals surface area (Å²) >= 11 is 3.12. The van der Waals surface area contributed by atoms with Gasteiger partial charge in [0.05, 0.1) is 28.1 Å². The van der Waals surface area contributed by atoms with Crippen molar-refractivity contribution in [2.45, 2.75) is 0 Å². The fourth-order valence-corrected chi connectivity index (χ4v) is 3.40. The number of halogens is 3. The van der Waals surface area contributed by atoms with E-state index in [4.69, 9.17) is 10.2 Å². The van der Waals surface area contributed by atoms with Crippen molar-refractivity contribution in [2.24, 2.45) is 7.05 Å². The molecule has 0 aliphatic heterocycles. The molecule has 0 atom stereocenters. The number of aliphatic hydroxyl groups excluding tert-OH is 1. The van der Waals surface area contributed by atoms with Gasteiger partial charge in [-0.2, -0.15) is 10.1 Å². The topological polar surface area (TPSA) is 137 Å². The normalized spacial score (nSPS) is 10.6. The van der Waals surface area contributed by atoms with Crippen molar-refractivity contribution in [3.8, 4) is 11.1 Å². The van der Waals surface area contributed by atoms with Gasteiger partial charge in [0.15, 0.2) is 0 Å². The number of carbonyl (C=O) groups is 1. The average Bonchev–Trinajstić information content (AvgIpc) is 3.22. The summed E-state index contributed by atoms with van der Waals surface area (Å²) in [5.74, 6) is -2.86. The third kappa shape index (κ3) is 5.93. The number of carbonyl (C=O) groups excluding carboxylic acids is 1. The maximum Gasteiger partial charge on any atom is 0.279 e. The summed E-state index contributed by atoms with van der Waals surface area (Å²) in [5, 5.41) is 30.0. The number of anilines is 5. The molecule has 4 aromatic rings. The summed E-state index contributed by atoms with van der Waals surface area (Å²) in [7, 11) is 1.75. The van der Waals surface area contributed by atoms with Gasteiger partial charge in [-0.1, -0.05) is 6.07 Å². The summed E-state index contributed by atoms with van der Waals surface area (Å²) in [4.78, 5) is 20.5. The first kappa shape index (κ1) is 24.6. The van der Waals surface area contributed by atoms with E-state index >= 15 is 0 Å². The third-order valence-electron chi connectivity index (χ3n) is 4.73. The molecule has 4 rings (SSSR count). The van der Waals surface area contributed by atoms with Crippen LogP contribution < -0.4 is 16.0 Å². The number of rotatable bonds is 7. The lowest BCUT2D eigenvalue weighted by molar-refractivity contribution is -0.112. The van der Waals surface area contributed by atoms with E-state index in [1.54, 1.807) is 30.2 Å². The Morgan fingerprint density at radius 3 is 2.56 bits per heavy atom. The van der Waals surface area contributed by atoms with Crippen LogP contribution >= 0.6 is 15.9 Å². The van der Waals surface area contributed by atoms with Crippen LogP contribution in [0.3, 0.4) is 0 Å². The minimum Gasteiger partial charge on any atom is -0.481 e. The summed E-state index contributed by atoms with van der Waals surface area (Å²) < 4.78 is 30.8. The summed E-state index contributed by atoms with van der Waals surface area (Å²) in [6, 6.07) is 8.14. The van der Waals surface area contributed by atoms with Crippen LogP contribution in [0.25, 0.3) is 11.1 Å². The number of amides is 1. The Kier molecular flexibility index (Phi) is 7.10. The van der Waals surface area contributed by atoms with Crippen LogP contribution in [0.5, 0.6) is 0 Å². The van der Waals surface area contributed by atoms with E-state index in [1.165, 1.54) is 30.5 Å². The molecule has 36 heavy (non-hydrogen) atoms. The number of aliphatic hydroxyl groups is 2. The Bertz CT molecular complexity index is 1470. The van der Waals surface area contributed by atoms with Crippen LogP contribution in [0.2, 0.25) is 0 Å². The van der Waals surface area contributed by atoms with Crippen molar-refractivity contribution < 1.29 is 23.8 Å². The van der Waals surface area contributed by atoms with Gasteiger partial charge in [-0.25, -0.2) is 13.8 Å². The van der Waals surface area contributed by atoms with Gasteiger partial charge in [0.2, 0.25) is 5.95 Å². The first-order valence-electron chi connectivity index (χ1n) is 10.2. The summed E-state index contributed by atoms with van der Waals surface area (Å²) in [6.45, 7) is 0. The lowest BCUT2D eigenvalue weighted by atomic mass is 10.1. The molecule has 2 aromatic heterocycles. The van der Waals surface area contributed by atoms with E-state index in [1.807, 2.05) is 0 Å². The van der Waals surface area contributed by atoms with E-state index in [9.17, 15) is 13.6 Å². The highest BCUT2D eigenvalue weighted by atomic mass is 79.9. The van der Waals surface area contributed by atoms with Gasteiger partial charge >= 0.3 is 0 Å². The number of benzene rings is 2. The number of hydrogen-bond donors (Lipinski definition) is 5. The molecule has 0 aliphatic carbocycles. The van der Waals surface area contributed by atoms with Gasteiger partial charge in [0.1, 0.15) is 17.5 Å². The van der Waals surface area contributed by atoms with Crippen LogP contribution in [-0.2, 0) is 11.8 Å². The second-order valence-electron chi connectivity index (χ2n) is 7.42. The van der Waals surface area contributed by atoms with Crippen molar-refractivity contribution in [3.63, 3.8) is 0 Å². The molecular weight excluding hydrogens is 540 g/mol. The molecular formula is C23H18BrF2N7O3. The van der Waals surface area contributed by atoms with Gasteiger partial charge in [0, 0.05) is 30.7 Å². The minimum absolute atomic E-state index is 0.0603. The van der Waals surface area contributed by atoms with Gasteiger partial charge in [-0.15, -0.1) is 0 Å². The second-order valence-corrected chi connectivity index (χ2v) is 8.28. The quantitative estimate of drug-likeness (QED) is 0.152. The van der Waals surface area contributed by atoms with Crippen LogP contribution in [-0.4, -0.2) is 35.9 Å². The van der Waals surface area contributed by atoms with Crippen LogP contribution in [0.1, 0.15) is 0 Å². The van der Waals surface area contributed by atoms with E-state index < -0.39 is 23.5 Å². The molecule has 2 heterocycles. The molecule has 0 spiro atoms. The van der Waals surface area contributed by atoms with E-state index in [0.717, 1.165) is 6.07 Å². The second kappa shape index (κ2) is 10.4. The first-order valence-corrected chi connectivity index (χ1v) is 11.0. The number of nitrogens with one attached hydrogen (secondary N) is 3. The molecule has 2 aromatic carbocycles. The van der Waals surface area contributed by atoms with Gasteiger partial charge < -0.3 is 26.2 Å². The Morgan fingerprint density at radius 1 is 1.06 bits per heavy atom. The molecule has 0 bridgehead atoms. The summed E-state index contributed by atoms with van der Waals surface area (Å²) in [5.41, 5.74) is 1.52. The molecule has 184 valence electrons. The highest BCUT2D eigenvalue weighted by Crippen LogP contribution is 2.33. The fraction of sp³-hybridized carbons (Fsp3) is 0.0435. The molecule has 0 saturated heterocycles. The molecule has 0 unspecified atom stereocenters. The average molecular weight is 558 g/mol. The zero-order valence-corrected chi connectivity index (χ0v) is 20.1. The zero-order chi connectivity index (χ0) is 25.8. The van der Waals surface area contributed by atoms with Crippen molar-refractivity contribution in [1.29, 1.82) is 0 Å². The van der Waals surface area contributed by atoms with Gasteiger partial charge in [-0.3, -0.25) is 9.48 Å². The minimum atomic E-state index is -1.17. The van der Waals surface area contributed by atoms with Crippen molar-refractivity contribution >= 4 is 50.7 Å². The summed E-state index contributed by atoms with van der Waals surface area (Å²) in [6.07, 6.45) is 5.28. The highest BCUT2D eigenvalue weighted by Gasteiger charge is 2.15. The Hall–Kier alpha value is -4.52. The van der Waals surface area contributed by atoms with Crippen molar-refractivity contribution in [2.75, 3.05) is 16.0 Å². The molecule has 0 saturated carbocycles. The van der Waals surface area contributed by atoms with E-state index in [-0.39, 0.29) is 27.6 Å². The van der Waals surface area contributed by atoms with E-state index in [0.29, 0.717) is 22.9 Å². The lowest BCUT2D eigenvalue weighted by Gasteiger charge is -2.15. The molecule has 0 fully saturated rings. The first-order chi connectivity index (χ1) is 17.2. The van der Waals surface area contributed by atoms with Crippen molar-refractivity contribution in [1.82, 2.24) is 19.7 Å². The fourth-order valence-electron chi connectivity index (χ4n) is 3.15. The molecule has 0 radical (unpaired) electrons. The Labute approximate surface area is 211 Å². The largest absolute Gasteiger partial charge is 0.481 e. The van der Waals surface area contributed by atoms with E-state index in [2.05, 4.69) is 46.9 Å². The smallest absolute Gasteiger partial charge is 0.279 e. The lowest BCUT2D eigenvalue weighted by Crippen LogP contribution is -2.10. The Morgan fingerprint density at radius 2 is 1.86 bits per heavy atom. The monoisotopic (exact) mass is 557 g/mol. The molecule has 5 N–H and O–H groups in total. The maximum absolute atomic E-state index is 14.7. The van der Waals surface area contributed by atoms with Gasteiger partial charge in [-0.05, 0) is 51.8 Å². The molecule has 13 heteroatoms. The molecule has 10 nitrogen and oxygen atoms in total.